The van der Waals surface area contributed by atoms with Gasteiger partial charge in [0.15, 0.2) is 0 Å². The summed E-state index contributed by atoms with van der Waals surface area (Å²) in [6, 6.07) is 1.37. The highest BCUT2D eigenvalue weighted by Gasteiger charge is 2.09. The number of carbonyl (C=O) groups excluding carboxylic acids is 1. The molecule has 1 rings (SSSR count). The molecule has 0 saturated heterocycles. The van der Waals surface area contributed by atoms with Crippen LogP contribution in [0.4, 0.5) is 10.5 Å². The van der Waals surface area contributed by atoms with E-state index in [9.17, 15) is 9.90 Å². The number of aliphatic hydroxyl groups excluding tert-OH is 1. The minimum absolute atomic E-state index is 0.226. The zero-order valence-corrected chi connectivity index (χ0v) is 12.2. The van der Waals surface area contributed by atoms with Crippen LogP contribution in [0.1, 0.15) is 25.8 Å². The van der Waals surface area contributed by atoms with Crippen LogP contribution < -0.4 is 10.6 Å². The van der Waals surface area contributed by atoms with Crippen LogP contribution in [0.15, 0.2) is 12.3 Å². The van der Waals surface area contributed by atoms with Gasteiger partial charge in [-0.05, 0) is 30.9 Å². The number of aryl methyl sites for hydroxylation is 1. The molecule has 5 nitrogen and oxygen atoms in total. The molecular formula is C13H20ClN3O2. The molecule has 1 aromatic rings. The SMILES string of the molecule is Cc1cc(NC(=O)NCC(O)CC(C)C)cnc1Cl. The summed E-state index contributed by atoms with van der Waals surface area (Å²) in [5.41, 5.74) is 1.36. The van der Waals surface area contributed by atoms with Gasteiger partial charge in [0, 0.05) is 6.54 Å². The highest BCUT2D eigenvalue weighted by atomic mass is 35.5. The Labute approximate surface area is 118 Å². The van der Waals surface area contributed by atoms with E-state index in [0.29, 0.717) is 23.2 Å². The molecule has 0 fully saturated rings. The number of aliphatic hydroxyl groups is 1. The molecule has 6 heteroatoms. The summed E-state index contributed by atoms with van der Waals surface area (Å²) >= 11 is 5.80. The molecule has 1 atom stereocenters. The first-order chi connectivity index (χ1) is 8.88. The fourth-order valence-electron chi connectivity index (χ4n) is 1.64. The smallest absolute Gasteiger partial charge is 0.319 e. The van der Waals surface area contributed by atoms with E-state index in [-0.39, 0.29) is 12.6 Å². The van der Waals surface area contributed by atoms with Crippen molar-refractivity contribution in [2.45, 2.75) is 33.3 Å². The van der Waals surface area contributed by atoms with Gasteiger partial charge in [0.05, 0.1) is 18.0 Å². The molecule has 0 radical (unpaired) electrons. The monoisotopic (exact) mass is 285 g/mol. The zero-order valence-electron chi connectivity index (χ0n) is 11.4. The Morgan fingerprint density at radius 2 is 2.21 bits per heavy atom. The molecule has 0 saturated carbocycles. The molecule has 3 N–H and O–H groups in total. The van der Waals surface area contributed by atoms with Crippen LogP contribution in [0.2, 0.25) is 5.15 Å². The van der Waals surface area contributed by atoms with Gasteiger partial charge in [0.25, 0.3) is 0 Å². The third-order valence-corrected chi connectivity index (χ3v) is 2.91. The molecule has 106 valence electrons. The highest BCUT2D eigenvalue weighted by Crippen LogP contribution is 2.15. The van der Waals surface area contributed by atoms with E-state index < -0.39 is 6.10 Å². The molecule has 1 unspecified atom stereocenters. The molecule has 19 heavy (non-hydrogen) atoms. The quantitative estimate of drug-likeness (QED) is 0.728. The van der Waals surface area contributed by atoms with Gasteiger partial charge in [-0.2, -0.15) is 0 Å². The van der Waals surface area contributed by atoms with Crippen molar-refractivity contribution >= 4 is 23.3 Å². The van der Waals surface area contributed by atoms with E-state index in [1.54, 1.807) is 6.07 Å². The number of amides is 2. The summed E-state index contributed by atoms with van der Waals surface area (Å²) in [4.78, 5) is 15.5. The maximum atomic E-state index is 11.6. The molecule has 0 spiro atoms. The van der Waals surface area contributed by atoms with E-state index in [1.165, 1.54) is 6.20 Å². The summed E-state index contributed by atoms with van der Waals surface area (Å²) in [5.74, 6) is 0.392. The van der Waals surface area contributed by atoms with Crippen LogP contribution in [0.3, 0.4) is 0 Å². The first-order valence-corrected chi connectivity index (χ1v) is 6.61. The molecule has 0 aliphatic heterocycles. The fourth-order valence-corrected chi connectivity index (χ4v) is 1.74. The van der Waals surface area contributed by atoms with Crippen LogP contribution in [0.25, 0.3) is 0 Å². The number of pyridine rings is 1. The Hall–Kier alpha value is -1.33. The number of nitrogens with one attached hydrogen (secondary N) is 2. The Balaban J connectivity index is 2.40. The van der Waals surface area contributed by atoms with Gasteiger partial charge in [-0.3, -0.25) is 0 Å². The number of aromatic nitrogens is 1. The first kappa shape index (κ1) is 15.7. The molecule has 0 aromatic carbocycles. The van der Waals surface area contributed by atoms with Gasteiger partial charge in [-0.15, -0.1) is 0 Å². The number of anilines is 1. The summed E-state index contributed by atoms with van der Waals surface area (Å²) in [5, 5.41) is 15.3. The number of rotatable bonds is 5. The third-order valence-electron chi connectivity index (χ3n) is 2.51. The van der Waals surface area contributed by atoms with Gasteiger partial charge in [-0.25, -0.2) is 9.78 Å². The number of urea groups is 1. The van der Waals surface area contributed by atoms with E-state index in [4.69, 9.17) is 11.6 Å². The highest BCUT2D eigenvalue weighted by molar-refractivity contribution is 6.30. The predicted molar refractivity (Wildman–Crippen MR) is 76.5 cm³/mol. The summed E-state index contributed by atoms with van der Waals surface area (Å²) < 4.78 is 0. The average Bonchev–Trinajstić information content (AvgIpc) is 2.30. The second-order valence-electron chi connectivity index (χ2n) is 4.95. The van der Waals surface area contributed by atoms with Gasteiger partial charge in [0.1, 0.15) is 5.15 Å². The average molecular weight is 286 g/mol. The summed E-state index contributed by atoms with van der Waals surface area (Å²) in [7, 11) is 0. The van der Waals surface area contributed by atoms with Crippen molar-refractivity contribution in [3.05, 3.63) is 23.0 Å². The standard InChI is InChI=1S/C13H20ClN3O2/c1-8(2)4-11(18)7-16-13(19)17-10-5-9(3)12(14)15-6-10/h5-6,8,11,18H,4,7H2,1-3H3,(H2,16,17,19). The maximum Gasteiger partial charge on any atom is 0.319 e. The van der Waals surface area contributed by atoms with E-state index in [1.807, 2.05) is 20.8 Å². The Morgan fingerprint density at radius 1 is 1.53 bits per heavy atom. The largest absolute Gasteiger partial charge is 0.391 e. The minimum Gasteiger partial charge on any atom is -0.391 e. The molecule has 0 aliphatic carbocycles. The van der Waals surface area contributed by atoms with Crippen molar-refractivity contribution in [1.29, 1.82) is 0 Å². The maximum absolute atomic E-state index is 11.6. The first-order valence-electron chi connectivity index (χ1n) is 6.23. The number of nitrogens with zero attached hydrogens (tertiary/aromatic N) is 1. The molecular weight excluding hydrogens is 266 g/mol. The lowest BCUT2D eigenvalue weighted by Gasteiger charge is -2.14. The van der Waals surface area contributed by atoms with Crippen LogP contribution in [-0.2, 0) is 0 Å². The van der Waals surface area contributed by atoms with Gasteiger partial charge in [0.2, 0.25) is 0 Å². The topological polar surface area (TPSA) is 74.2 Å². The van der Waals surface area contributed by atoms with Crippen LogP contribution in [-0.4, -0.2) is 28.8 Å². The van der Waals surface area contributed by atoms with Crippen molar-refractivity contribution in [2.24, 2.45) is 5.92 Å². The predicted octanol–water partition coefficient (Wildman–Crippen LogP) is 2.57. The van der Waals surface area contributed by atoms with Crippen LogP contribution >= 0.6 is 11.6 Å². The van der Waals surface area contributed by atoms with Crippen molar-refractivity contribution in [1.82, 2.24) is 10.3 Å². The van der Waals surface area contributed by atoms with E-state index in [2.05, 4.69) is 15.6 Å². The molecule has 0 aliphatic rings. The fraction of sp³-hybridized carbons (Fsp3) is 0.538. The van der Waals surface area contributed by atoms with E-state index in [0.717, 1.165) is 5.56 Å². The number of halogens is 1. The van der Waals surface area contributed by atoms with E-state index >= 15 is 0 Å². The normalized spacial score (nSPS) is 12.3. The number of carbonyl (C=O) groups is 1. The second-order valence-corrected chi connectivity index (χ2v) is 5.31. The Kier molecular flexibility index (Phi) is 6.05. The van der Waals surface area contributed by atoms with Gasteiger partial charge in [-0.1, -0.05) is 25.4 Å². The Morgan fingerprint density at radius 3 is 2.79 bits per heavy atom. The van der Waals surface area contributed by atoms with Crippen LogP contribution in [0.5, 0.6) is 0 Å². The minimum atomic E-state index is -0.532. The molecule has 0 bridgehead atoms. The zero-order chi connectivity index (χ0) is 14.4. The summed E-state index contributed by atoms with van der Waals surface area (Å²) in [6.07, 6.45) is 1.61. The van der Waals surface area contributed by atoms with Crippen molar-refractivity contribution in [3.8, 4) is 0 Å². The lowest BCUT2D eigenvalue weighted by atomic mass is 10.1. The Bertz CT molecular complexity index is 438. The molecule has 1 aromatic heterocycles. The second kappa shape index (κ2) is 7.31. The summed E-state index contributed by atoms with van der Waals surface area (Å²) in [6.45, 7) is 6.08. The third kappa shape index (κ3) is 5.89. The number of hydrogen-bond acceptors (Lipinski definition) is 3. The van der Waals surface area contributed by atoms with Crippen molar-refractivity contribution in [2.75, 3.05) is 11.9 Å². The van der Waals surface area contributed by atoms with Crippen LogP contribution in [0, 0.1) is 12.8 Å². The lowest BCUT2D eigenvalue weighted by Crippen LogP contribution is -2.35. The van der Waals surface area contributed by atoms with Gasteiger partial charge < -0.3 is 15.7 Å². The van der Waals surface area contributed by atoms with Crippen molar-refractivity contribution < 1.29 is 9.90 Å². The van der Waals surface area contributed by atoms with Gasteiger partial charge >= 0.3 is 6.03 Å². The lowest BCUT2D eigenvalue weighted by molar-refractivity contribution is 0.148. The molecule has 2 amide bonds. The van der Waals surface area contributed by atoms with Crippen molar-refractivity contribution in [3.63, 3.8) is 0 Å². The number of hydrogen-bond donors (Lipinski definition) is 3. The molecule has 1 heterocycles.